The Hall–Kier alpha value is -0.870. The molecule has 0 aromatic carbocycles. The Balaban J connectivity index is 2.85. The molecule has 0 radical (unpaired) electrons. The summed E-state index contributed by atoms with van der Waals surface area (Å²) in [6, 6.07) is 5.18. The molecular formula is C7H6ClNO2S. The molecule has 0 saturated carbocycles. The zero-order valence-corrected chi connectivity index (χ0v) is 7.59. The first kappa shape index (κ1) is 9.22. The van der Waals surface area contributed by atoms with Gasteiger partial charge in [-0.1, -0.05) is 6.07 Å². The average molecular weight is 204 g/mol. The van der Waals surface area contributed by atoms with Crippen LogP contribution >= 0.6 is 10.7 Å². The first-order chi connectivity index (χ1) is 5.58. The minimum Gasteiger partial charge on any atom is -0.257 e. The van der Waals surface area contributed by atoms with Crippen LogP contribution in [0.2, 0.25) is 0 Å². The molecule has 0 aliphatic heterocycles. The summed E-state index contributed by atoms with van der Waals surface area (Å²) < 4.78 is 20.9. The van der Waals surface area contributed by atoms with Crippen molar-refractivity contribution in [3.63, 3.8) is 0 Å². The van der Waals surface area contributed by atoms with E-state index in [1.54, 1.807) is 24.4 Å². The molecule has 1 aromatic rings. The summed E-state index contributed by atoms with van der Waals surface area (Å²) in [7, 11) is 1.37. The van der Waals surface area contributed by atoms with Crippen molar-refractivity contribution < 1.29 is 8.42 Å². The van der Waals surface area contributed by atoms with Gasteiger partial charge in [0.25, 0.3) is 9.05 Å². The minimum absolute atomic E-state index is 0.557. The maximum Gasteiger partial charge on any atom is 0.254 e. The first-order valence-corrected chi connectivity index (χ1v) is 5.49. The van der Waals surface area contributed by atoms with Crippen LogP contribution in [-0.2, 0) is 9.05 Å². The largest absolute Gasteiger partial charge is 0.257 e. The quantitative estimate of drug-likeness (QED) is 0.687. The van der Waals surface area contributed by atoms with Crippen molar-refractivity contribution in [2.24, 2.45) is 0 Å². The van der Waals surface area contributed by atoms with Gasteiger partial charge in [-0.3, -0.25) is 4.98 Å². The molecule has 1 heterocycles. The predicted molar refractivity (Wildman–Crippen MR) is 48.0 cm³/mol. The van der Waals surface area contributed by atoms with Crippen LogP contribution in [0.5, 0.6) is 0 Å². The molecule has 0 bridgehead atoms. The van der Waals surface area contributed by atoms with Crippen LogP contribution < -0.4 is 0 Å². The Bertz CT molecular complexity index is 372. The summed E-state index contributed by atoms with van der Waals surface area (Å²) in [5, 5.41) is 0.900. The highest BCUT2D eigenvalue weighted by Gasteiger charge is 1.95. The highest BCUT2D eigenvalue weighted by Crippen LogP contribution is 2.03. The lowest BCUT2D eigenvalue weighted by molar-refractivity contribution is 0.617. The predicted octanol–water partition coefficient (Wildman–Crippen LogP) is 1.62. The van der Waals surface area contributed by atoms with Crippen LogP contribution in [0.1, 0.15) is 5.69 Å². The van der Waals surface area contributed by atoms with Gasteiger partial charge >= 0.3 is 0 Å². The lowest BCUT2D eigenvalue weighted by atomic mass is 10.3. The SMILES string of the molecule is O=S(=O)(Cl)/C=C\c1ccccn1. The molecule has 0 amide bonds. The second-order valence-electron chi connectivity index (χ2n) is 2.03. The molecule has 64 valence electrons. The number of rotatable bonds is 2. The highest BCUT2D eigenvalue weighted by atomic mass is 35.7. The number of pyridine rings is 1. The van der Waals surface area contributed by atoms with Crippen LogP contribution in [0.3, 0.4) is 0 Å². The van der Waals surface area contributed by atoms with Crippen molar-refractivity contribution in [3.05, 3.63) is 35.5 Å². The smallest absolute Gasteiger partial charge is 0.254 e. The zero-order chi connectivity index (χ0) is 9.03. The van der Waals surface area contributed by atoms with Crippen LogP contribution in [0, 0.1) is 0 Å². The molecular weight excluding hydrogens is 198 g/mol. The summed E-state index contributed by atoms with van der Waals surface area (Å²) in [5.41, 5.74) is 0.557. The van der Waals surface area contributed by atoms with Gasteiger partial charge in [-0.15, -0.1) is 0 Å². The molecule has 0 aliphatic carbocycles. The van der Waals surface area contributed by atoms with Crippen molar-refractivity contribution in [1.82, 2.24) is 4.98 Å². The van der Waals surface area contributed by atoms with Crippen LogP contribution in [0.25, 0.3) is 6.08 Å². The minimum atomic E-state index is -3.57. The molecule has 0 atom stereocenters. The molecule has 1 rings (SSSR count). The van der Waals surface area contributed by atoms with Gasteiger partial charge in [0.1, 0.15) is 0 Å². The Kier molecular flexibility index (Phi) is 2.83. The molecule has 3 nitrogen and oxygen atoms in total. The summed E-state index contributed by atoms with van der Waals surface area (Å²) in [6.07, 6.45) is 2.91. The molecule has 5 heteroatoms. The van der Waals surface area contributed by atoms with Gasteiger partial charge < -0.3 is 0 Å². The molecule has 12 heavy (non-hydrogen) atoms. The van der Waals surface area contributed by atoms with E-state index in [4.69, 9.17) is 10.7 Å². The molecule has 1 aromatic heterocycles. The third kappa shape index (κ3) is 3.50. The second-order valence-corrected chi connectivity index (χ2v) is 4.55. The van der Waals surface area contributed by atoms with E-state index < -0.39 is 9.05 Å². The molecule has 0 saturated heterocycles. The summed E-state index contributed by atoms with van der Waals surface area (Å²) in [4.78, 5) is 3.87. The Morgan fingerprint density at radius 2 is 2.17 bits per heavy atom. The van der Waals surface area contributed by atoms with E-state index in [2.05, 4.69) is 4.98 Å². The van der Waals surface area contributed by atoms with Crippen LogP contribution in [0.4, 0.5) is 0 Å². The monoisotopic (exact) mass is 203 g/mol. The molecule has 0 N–H and O–H groups in total. The Labute approximate surface area is 75.1 Å². The molecule has 0 aliphatic rings. The lowest BCUT2D eigenvalue weighted by Crippen LogP contribution is -1.81. The third-order valence-corrected chi connectivity index (χ3v) is 1.86. The number of hydrogen-bond donors (Lipinski definition) is 0. The highest BCUT2D eigenvalue weighted by molar-refractivity contribution is 8.16. The number of halogens is 1. The van der Waals surface area contributed by atoms with E-state index in [-0.39, 0.29) is 0 Å². The molecule has 0 unspecified atom stereocenters. The third-order valence-electron chi connectivity index (χ3n) is 1.09. The van der Waals surface area contributed by atoms with Gasteiger partial charge in [0.05, 0.1) is 5.69 Å². The fraction of sp³-hybridized carbons (Fsp3) is 0. The normalized spacial score (nSPS) is 12.1. The second kappa shape index (κ2) is 3.69. The van der Waals surface area contributed by atoms with E-state index in [0.717, 1.165) is 5.41 Å². The standard InChI is InChI=1S/C7H6ClNO2S/c8-12(10,11)6-4-7-3-1-2-5-9-7/h1-6H/b6-4-. The van der Waals surface area contributed by atoms with Gasteiger partial charge in [-0.05, 0) is 18.2 Å². The zero-order valence-electron chi connectivity index (χ0n) is 6.01. The number of aromatic nitrogens is 1. The first-order valence-electron chi connectivity index (χ1n) is 3.12. The lowest BCUT2D eigenvalue weighted by Gasteiger charge is -1.87. The van der Waals surface area contributed by atoms with Crippen LogP contribution in [-0.4, -0.2) is 13.4 Å². The summed E-state index contributed by atoms with van der Waals surface area (Å²) in [6.45, 7) is 0. The maximum absolute atomic E-state index is 10.5. The van der Waals surface area contributed by atoms with Gasteiger partial charge in [0.15, 0.2) is 0 Å². The summed E-state index contributed by atoms with van der Waals surface area (Å²) in [5.74, 6) is 0. The van der Waals surface area contributed by atoms with Crippen LogP contribution in [0.15, 0.2) is 29.8 Å². The van der Waals surface area contributed by atoms with Gasteiger partial charge in [0.2, 0.25) is 0 Å². The van der Waals surface area contributed by atoms with Gasteiger partial charge in [0, 0.05) is 22.3 Å². The van der Waals surface area contributed by atoms with E-state index in [1.807, 2.05) is 0 Å². The fourth-order valence-corrected chi connectivity index (χ4v) is 1.08. The van der Waals surface area contributed by atoms with Crippen molar-refractivity contribution in [2.45, 2.75) is 0 Å². The summed E-state index contributed by atoms with van der Waals surface area (Å²) >= 11 is 0. The fourth-order valence-electron chi connectivity index (χ4n) is 0.626. The Morgan fingerprint density at radius 3 is 2.67 bits per heavy atom. The maximum atomic E-state index is 10.5. The van der Waals surface area contributed by atoms with Crippen molar-refractivity contribution in [1.29, 1.82) is 0 Å². The molecule has 0 fully saturated rings. The van der Waals surface area contributed by atoms with E-state index in [1.165, 1.54) is 6.08 Å². The number of nitrogens with zero attached hydrogens (tertiary/aromatic N) is 1. The van der Waals surface area contributed by atoms with Crippen molar-refractivity contribution in [3.8, 4) is 0 Å². The van der Waals surface area contributed by atoms with Gasteiger partial charge in [-0.25, -0.2) is 8.42 Å². The molecule has 0 spiro atoms. The van der Waals surface area contributed by atoms with E-state index in [9.17, 15) is 8.42 Å². The van der Waals surface area contributed by atoms with Gasteiger partial charge in [-0.2, -0.15) is 0 Å². The Morgan fingerprint density at radius 1 is 1.42 bits per heavy atom. The number of hydrogen-bond acceptors (Lipinski definition) is 3. The average Bonchev–Trinajstić information content (AvgIpc) is 2.02. The van der Waals surface area contributed by atoms with E-state index >= 15 is 0 Å². The van der Waals surface area contributed by atoms with Crippen molar-refractivity contribution >= 4 is 25.8 Å². The van der Waals surface area contributed by atoms with Crippen molar-refractivity contribution in [2.75, 3.05) is 0 Å². The van der Waals surface area contributed by atoms with E-state index in [0.29, 0.717) is 5.69 Å². The topological polar surface area (TPSA) is 47.0 Å².